The van der Waals surface area contributed by atoms with Crippen LogP contribution in [0.1, 0.15) is 25.3 Å². The first-order valence-electron chi connectivity index (χ1n) is 7.11. The van der Waals surface area contributed by atoms with Gasteiger partial charge in [0.05, 0.1) is 30.7 Å². The lowest BCUT2D eigenvalue weighted by atomic mass is 9.99. The Bertz CT molecular complexity index is 809. The Balaban J connectivity index is 2.33. The number of pyridine rings is 1. The minimum atomic E-state index is 0.291. The lowest BCUT2D eigenvalue weighted by molar-refractivity contribution is 0.404. The van der Waals surface area contributed by atoms with E-state index < -0.39 is 0 Å². The summed E-state index contributed by atoms with van der Waals surface area (Å²) in [7, 11) is 3.27. The van der Waals surface area contributed by atoms with E-state index in [-0.39, 0.29) is 0 Å². The Labute approximate surface area is 128 Å². The first kappa shape index (κ1) is 14.4. The molecule has 114 valence electrons. The van der Waals surface area contributed by atoms with E-state index in [0.29, 0.717) is 11.7 Å². The second kappa shape index (κ2) is 5.67. The van der Waals surface area contributed by atoms with Crippen LogP contribution in [0.4, 0.5) is 0 Å². The number of hydrogen-bond donors (Lipinski definition) is 0. The van der Waals surface area contributed by atoms with Crippen LogP contribution in [-0.4, -0.2) is 24.4 Å². The van der Waals surface area contributed by atoms with Gasteiger partial charge < -0.3 is 14.0 Å². The predicted octanol–water partition coefficient (Wildman–Crippen LogP) is 4.03. The molecule has 1 aromatic carbocycles. The molecule has 0 aliphatic carbocycles. The Kier molecular flexibility index (Phi) is 3.71. The highest BCUT2D eigenvalue weighted by molar-refractivity contribution is 5.96. The fraction of sp³-hybridized carbons (Fsp3) is 0.294. The zero-order valence-electron chi connectivity index (χ0n) is 13.1. The molecule has 5 heteroatoms. The number of benzene rings is 1. The van der Waals surface area contributed by atoms with Crippen LogP contribution in [0.5, 0.6) is 11.5 Å². The molecular weight excluding hydrogens is 280 g/mol. The summed E-state index contributed by atoms with van der Waals surface area (Å²) in [6.45, 7) is 4.19. The largest absolute Gasteiger partial charge is 0.496 e. The standard InChI is InChI=1S/C17H18N2O3/c1-10(2)12-9-22-19-16(12)11-8-18-13-6-5-7-14(20-3)15(13)17(11)21-4/h5-10H,1-4H3. The van der Waals surface area contributed by atoms with E-state index in [4.69, 9.17) is 14.0 Å². The van der Waals surface area contributed by atoms with Crippen LogP contribution in [-0.2, 0) is 0 Å². The molecule has 5 nitrogen and oxygen atoms in total. The maximum Gasteiger partial charge on any atom is 0.143 e. The third kappa shape index (κ3) is 2.19. The van der Waals surface area contributed by atoms with Crippen molar-refractivity contribution in [2.75, 3.05) is 14.2 Å². The number of fused-ring (bicyclic) bond motifs is 1. The lowest BCUT2D eigenvalue weighted by Crippen LogP contribution is -1.97. The Morgan fingerprint density at radius 3 is 2.64 bits per heavy atom. The lowest BCUT2D eigenvalue weighted by Gasteiger charge is -2.13. The first-order chi connectivity index (χ1) is 10.7. The molecule has 0 bridgehead atoms. The van der Waals surface area contributed by atoms with Gasteiger partial charge in [0, 0.05) is 11.8 Å². The Morgan fingerprint density at radius 1 is 1.14 bits per heavy atom. The van der Waals surface area contributed by atoms with Gasteiger partial charge in [0.2, 0.25) is 0 Å². The number of hydrogen-bond acceptors (Lipinski definition) is 5. The van der Waals surface area contributed by atoms with Crippen molar-refractivity contribution in [3.05, 3.63) is 36.2 Å². The van der Waals surface area contributed by atoms with Gasteiger partial charge in [-0.1, -0.05) is 25.1 Å². The van der Waals surface area contributed by atoms with Crippen LogP contribution in [0.25, 0.3) is 22.2 Å². The molecule has 22 heavy (non-hydrogen) atoms. The summed E-state index contributed by atoms with van der Waals surface area (Å²) >= 11 is 0. The summed E-state index contributed by atoms with van der Waals surface area (Å²) in [5, 5.41) is 4.98. The van der Waals surface area contributed by atoms with E-state index in [0.717, 1.165) is 33.5 Å². The van der Waals surface area contributed by atoms with Crippen LogP contribution in [0.2, 0.25) is 0 Å². The van der Waals surface area contributed by atoms with Gasteiger partial charge in [0.1, 0.15) is 23.5 Å². The summed E-state index contributed by atoms with van der Waals surface area (Å²) in [6, 6.07) is 5.72. The topological polar surface area (TPSA) is 57.4 Å². The molecule has 0 atom stereocenters. The molecule has 0 fully saturated rings. The average Bonchev–Trinajstić information content (AvgIpc) is 3.02. The van der Waals surface area contributed by atoms with Crippen molar-refractivity contribution in [3.8, 4) is 22.8 Å². The summed E-state index contributed by atoms with van der Waals surface area (Å²) < 4.78 is 16.3. The smallest absolute Gasteiger partial charge is 0.143 e. The maximum absolute atomic E-state index is 5.66. The van der Waals surface area contributed by atoms with Gasteiger partial charge in [-0.3, -0.25) is 4.98 Å². The third-order valence-electron chi connectivity index (χ3n) is 3.71. The van der Waals surface area contributed by atoms with Gasteiger partial charge in [0.25, 0.3) is 0 Å². The van der Waals surface area contributed by atoms with Crippen molar-refractivity contribution in [3.63, 3.8) is 0 Å². The highest BCUT2D eigenvalue weighted by Crippen LogP contribution is 2.41. The van der Waals surface area contributed by atoms with Crippen molar-refractivity contribution in [1.82, 2.24) is 10.1 Å². The number of ether oxygens (including phenoxy) is 2. The maximum atomic E-state index is 5.66. The van der Waals surface area contributed by atoms with E-state index in [1.807, 2.05) is 18.2 Å². The van der Waals surface area contributed by atoms with E-state index in [1.54, 1.807) is 26.7 Å². The molecular formula is C17H18N2O3. The highest BCUT2D eigenvalue weighted by atomic mass is 16.5. The van der Waals surface area contributed by atoms with Gasteiger partial charge in [-0.2, -0.15) is 0 Å². The fourth-order valence-electron chi connectivity index (χ4n) is 2.59. The molecule has 2 aromatic heterocycles. The Hall–Kier alpha value is -2.56. The average molecular weight is 298 g/mol. The molecule has 0 unspecified atom stereocenters. The van der Waals surface area contributed by atoms with Gasteiger partial charge in [-0.15, -0.1) is 0 Å². The van der Waals surface area contributed by atoms with Gasteiger partial charge in [-0.25, -0.2) is 0 Å². The van der Waals surface area contributed by atoms with Crippen LogP contribution in [0, 0.1) is 0 Å². The zero-order valence-corrected chi connectivity index (χ0v) is 13.1. The van der Waals surface area contributed by atoms with Crippen LogP contribution >= 0.6 is 0 Å². The second-order valence-corrected chi connectivity index (χ2v) is 5.33. The Morgan fingerprint density at radius 2 is 1.95 bits per heavy atom. The van der Waals surface area contributed by atoms with Crippen molar-refractivity contribution in [2.45, 2.75) is 19.8 Å². The first-order valence-corrected chi connectivity index (χ1v) is 7.11. The van der Waals surface area contributed by atoms with Crippen molar-refractivity contribution in [2.24, 2.45) is 0 Å². The number of methoxy groups -OCH3 is 2. The van der Waals surface area contributed by atoms with Crippen molar-refractivity contribution in [1.29, 1.82) is 0 Å². The summed E-state index contributed by atoms with van der Waals surface area (Å²) in [5.74, 6) is 1.70. The predicted molar refractivity (Wildman–Crippen MR) is 84.4 cm³/mol. The zero-order chi connectivity index (χ0) is 15.7. The molecule has 0 aliphatic rings. The molecule has 0 aliphatic heterocycles. The monoisotopic (exact) mass is 298 g/mol. The van der Waals surface area contributed by atoms with Gasteiger partial charge >= 0.3 is 0 Å². The van der Waals surface area contributed by atoms with E-state index in [2.05, 4.69) is 24.0 Å². The van der Waals surface area contributed by atoms with Crippen molar-refractivity contribution >= 4 is 10.9 Å². The van der Waals surface area contributed by atoms with Crippen LogP contribution in [0.15, 0.2) is 35.2 Å². The minimum absolute atomic E-state index is 0.291. The third-order valence-corrected chi connectivity index (χ3v) is 3.71. The molecule has 0 saturated heterocycles. The quantitative estimate of drug-likeness (QED) is 0.728. The number of nitrogens with zero attached hydrogens (tertiary/aromatic N) is 2. The molecule has 0 saturated carbocycles. The van der Waals surface area contributed by atoms with Crippen LogP contribution < -0.4 is 9.47 Å². The molecule has 2 heterocycles. The van der Waals surface area contributed by atoms with Gasteiger partial charge in [0.15, 0.2) is 0 Å². The molecule has 0 N–H and O–H groups in total. The highest BCUT2D eigenvalue weighted by Gasteiger charge is 2.21. The SMILES string of the molecule is COc1cccc2ncc(-c3nocc3C(C)C)c(OC)c12. The van der Waals surface area contributed by atoms with E-state index in [1.165, 1.54) is 0 Å². The summed E-state index contributed by atoms with van der Waals surface area (Å²) in [4.78, 5) is 4.51. The summed E-state index contributed by atoms with van der Waals surface area (Å²) in [5.41, 5.74) is 3.40. The molecule has 0 spiro atoms. The number of rotatable bonds is 4. The van der Waals surface area contributed by atoms with Crippen molar-refractivity contribution < 1.29 is 14.0 Å². The number of aromatic nitrogens is 2. The van der Waals surface area contributed by atoms with Gasteiger partial charge in [-0.05, 0) is 18.1 Å². The van der Waals surface area contributed by atoms with E-state index >= 15 is 0 Å². The molecule has 3 rings (SSSR count). The minimum Gasteiger partial charge on any atom is -0.496 e. The fourth-order valence-corrected chi connectivity index (χ4v) is 2.59. The summed E-state index contributed by atoms with van der Waals surface area (Å²) in [6.07, 6.45) is 3.44. The molecule has 0 radical (unpaired) electrons. The molecule has 3 aromatic rings. The van der Waals surface area contributed by atoms with E-state index in [9.17, 15) is 0 Å². The normalized spacial score (nSPS) is 11.1. The van der Waals surface area contributed by atoms with Crippen LogP contribution in [0.3, 0.4) is 0 Å². The molecule has 0 amide bonds. The second-order valence-electron chi connectivity index (χ2n) is 5.33.